The van der Waals surface area contributed by atoms with Crippen LogP contribution in [0.1, 0.15) is 19.4 Å². The van der Waals surface area contributed by atoms with Gasteiger partial charge >= 0.3 is 6.03 Å². The summed E-state index contributed by atoms with van der Waals surface area (Å²) in [7, 11) is 1.75. The number of urea groups is 1. The van der Waals surface area contributed by atoms with Gasteiger partial charge in [0.2, 0.25) is 0 Å². The number of amides is 2. The Kier molecular flexibility index (Phi) is 7.41. The highest BCUT2D eigenvalue weighted by molar-refractivity contribution is 5.97. The molecule has 31 heavy (non-hydrogen) atoms. The zero-order valence-electron chi connectivity index (χ0n) is 18.2. The molecule has 2 amide bonds. The molecule has 7 heteroatoms. The number of rotatable bonds is 8. The normalized spacial score (nSPS) is 10.7. The third-order valence-corrected chi connectivity index (χ3v) is 5.20. The van der Waals surface area contributed by atoms with Crippen LogP contribution in [-0.4, -0.2) is 54.1 Å². The second-order valence-corrected chi connectivity index (χ2v) is 7.09. The fraction of sp³-hybridized carbons (Fsp3) is 0.292. The predicted molar refractivity (Wildman–Crippen MR) is 127 cm³/mol. The average molecular weight is 417 g/mol. The van der Waals surface area contributed by atoms with Crippen LogP contribution in [0.4, 0.5) is 22.0 Å². The number of carbonyl (C=O) groups excluding carboxylic acids is 1. The minimum Gasteiger partial charge on any atom is -0.340 e. The molecule has 0 saturated carbocycles. The van der Waals surface area contributed by atoms with Gasteiger partial charge in [-0.2, -0.15) is 0 Å². The Balaban J connectivity index is 1.78. The van der Waals surface area contributed by atoms with Crippen LogP contribution < -0.4 is 15.5 Å². The van der Waals surface area contributed by atoms with Gasteiger partial charge in [0.25, 0.3) is 0 Å². The molecule has 3 rings (SSSR count). The van der Waals surface area contributed by atoms with Crippen molar-refractivity contribution in [1.82, 2.24) is 20.2 Å². The van der Waals surface area contributed by atoms with Crippen molar-refractivity contribution in [1.29, 1.82) is 0 Å². The average Bonchev–Trinajstić information content (AvgIpc) is 2.81. The number of anilines is 3. The van der Waals surface area contributed by atoms with Crippen LogP contribution in [0.2, 0.25) is 0 Å². The highest BCUT2D eigenvalue weighted by Gasteiger charge is 2.13. The highest BCUT2D eigenvalue weighted by atomic mass is 16.2. The van der Waals surface area contributed by atoms with Crippen molar-refractivity contribution in [2.75, 3.05) is 43.4 Å². The molecule has 0 aliphatic rings. The van der Waals surface area contributed by atoms with E-state index in [1.165, 1.54) is 6.33 Å². The minimum absolute atomic E-state index is 0.153. The van der Waals surface area contributed by atoms with Crippen LogP contribution in [0.5, 0.6) is 0 Å². The van der Waals surface area contributed by atoms with E-state index in [1.807, 2.05) is 42.5 Å². The molecule has 160 valence electrons. The lowest BCUT2D eigenvalue weighted by Gasteiger charge is -2.21. The Bertz CT molecular complexity index is 1090. The van der Waals surface area contributed by atoms with Gasteiger partial charge in [-0.05, 0) is 49.5 Å². The van der Waals surface area contributed by atoms with E-state index in [0.717, 1.165) is 47.5 Å². The van der Waals surface area contributed by atoms with Crippen LogP contribution in [0.25, 0.3) is 10.9 Å². The maximum absolute atomic E-state index is 12.6. The largest absolute Gasteiger partial charge is 0.340 e. The number of hydrogen-bond acceptors (Lipinski definition) is 5. The van der Waals surface area contributed by atoms with Gasteiger partial charge in [0, 0.05) is 42.5 Å². The lowest BCUT2D eigenvalue weighted by Crippen LogP contribution is -2.41. The number of hydrogen-bond donors (Lipinski definition) is 2. The van der Waals surface area contributed by atoms with Gasteiger partial charge in [-0.25, -0.2) is 14.8 Å². The third-order valence-electron chi connectivity index (χ3n) is 5.20. The molecule has 0 saturated heterocycles. The van der Waals surface area contributed by atoms with E-state index in [4.69, 9.17) is 6.42 Å². The summed E-state index contributed by atoms with van der Waals surface area (Å²) in [6, 6.07) is 13.1. The molecular formula is C24H28N6O. The standard InChI is InChI=1S/C24H28N6O/c1-5-18-9-8-10-19(15-18)28-23-21-16-20(11-12-22(21)26-17-27-23)29(4)24(31)25-13-14-30(6-2)7-3/h1,8-12,15-17H,6-7,13-14H2,2-4H3,(H,25,31)(H,26,27,28). The lowest BCUT2D eigenvalue weighted by molar-refractivity contribution is 0.243. The molecule has 2 N–H and O–H groups in total. The van der Waals surface area contributed by atoms with Gasteiger partial charge in [-0.3, -0.25) is 4.90 Å². The maximum Gasteiger partial charge on any atom is 0.321 e. The van der Waals surface area contributed by atoms with Gasteiger partial charge in [-0.1, -0.05) is 25.8 Å². The zero-order valence-corrected chi connectivity index (χ0v) is 18.2. The molecule has 0 fully saturated rings. The summed E-state index contributed by atoms with van der Waals surface area (Å²) in [5, 5.41) is 7.09. The van der Waals surface area contributed by atoms with Crippen LogP contribution in [0.3, 0.4) is 0 Å². The summed E-state index contributed by atoms with van der Waals surface area (Å²) in [5.74, 6) is 3.28. The molecule has 7 nitrogen and oxygen atoms in total. The van der Waals surface area contributed by atoms with Crippen molar-refractivity contribution in [2.24, 2.45) is 0 Å². The van der Waals surface area contributed by atoms with Gasteiger partial charge in [0.05, 0.1) is 5.52 Å². The van der Waals surface area contributed by atoms with Gasteiger partial charge in [0.15, 0.2) is 0 Å². The summed E-state index contributed by atoms with van der Waals surface area (Å²) >= 11 is 0. The first kappa shape index (κ1) is 22.1. The first-order valence-corrected chi connectivity index (χ1v) is 10.4. The van der Waals surface area contributed by atoms with E-state index < -0.39 is 0 Å². The van der Waals surface area contributed by atoms with E-state index in [-0.39, 0.29) is 6.03 Å². The van der Waals surface area contributed by atoms with Crippen molar-refractivity contribution in [3.8, 4) is 12.3 Å². The van der Waals surface area contributed by atoms with Gasteiger partial charge in [-0.15, -0.1) is 6.42 Å². The summed E-state index contributed by atoms with van der Waals surface area (Å²) in [4.78, 5) is 25.2. The van der Waals surface area contributed by atoms with Crippen LogP contribution in [0, 0.1) is 12.3 Å². The molecule has 1 heterocycles. The number of aromatic nitrogens is 2. The highest BCUT2D eigenvalue weighted by Crippen LogP contribution is 2.27. The third kappa shape index (κ3) is 5.50. The Morgan fingerprint density at radius 2 is 1.94 bits per heavy atom. The zero-order chi connectivity index (χ0) is 22.2. The second-order valence-electron chi connectivity index (χ2n) is 7.09. The molecule has 1 aromatic heterocycles. The fourth-order valence-electron chi connectivity index (χ4n) is 3.27. The SMILES string of the molecule is C#Cc1cccc(Nc2ncnc3ccc(N(C)C(=O)NCCN(CC)CC)cc23)c1. The number of terminal acetylenes is 1. The second kappa shape index (κ2) is 10.4. The van der Waals surface area contributed by atoms with E-state index in [0.29, 0.717) is 12.4 Å². The minimum atomic E-state index is -0.153. The molecule has 0 radical (unpaired) electrons. The number of likely N-dealkylation sites (N-methyl/N-ethyl adjacent to an activating group) is 1. The van der Waals surface area contributed by atoms with Crippen LogP contribution in [-0.2, 0) is 0 Å². The summed E-state index contributed by atoms with van der Waals surface area (Å²) in [6.45, 7) is 7.58. The van der Waals surface area contributed by atoms with Gasteiger partial charge < -0.3 is 15.5 Å². The molecule has 0 spiro atoms. The molecule has 3 aromatic rings. The molecule has 0 aliphatic carbocycles. The molecule has 0 bridgehead atoms. The van der Waals surface area contributed by atoms with Crippen LogP contribution in [0.15, 0.2) is 48.8 Å². The number of benzene rings is 2. The van der Waals surface area contributed by atoms with E-state index in [1.54, 1.807) is 11.9 Å². The first-order chi connectivity index (χ1) is 15.0. The van der Waals surface area contributed by atoms with Crippen molar-refractivity contribution in [3.63, 3.8) is 0 Å². The summed E-state index contributed by atoms with van der Waals surface area (Å²) in [6.07, 6.45) is 7.01. The van der Waals surface area contributed by atoms with E-state index >= 15 is 0 Å². The van der Waals surface area contributed by atoms with Crippen molar-refractivity contribution in [2.45, 2.75) is 13.8 Å². The number of nitrogens with zero attached hydrogens (tertiary/aromatic N) is 4. The first-order valence-electron chi connectivity index (χ1n) is 10.4. The summed E-state index contributed by atoms with van der Waals surface area (Å²) < 4.78 is 0. The Labute approximate surface area is 183 Å². The Morgan fingerprint density at radius 3 is 2.68 bits per heavy atom. The molecule has 0 unspecified atom stereocenters. The molecule has 0 atom stereocenters. The van der Waals surface area contributed by atoms with Gasteiger partial charge in [0.1, 0.15) is 12.1 Å². The number of carbonyl (C=O) groups is 1. The smallest absolute Gasteiger partial charge is 0.321 e. The Hall–Kier alpha value is -3.63. The fourth-order valence-corrected chi connectivity index (χ4v) is 3.27. The van der Waals surface area contributed by atoms with Crippen LogP contribution >= 0.6 is 0 Å². The number of nitrogens with one attached hydrogen (secondary N) is 2. The lowest BCUT2D eigenvalue weighted by atomic mass is 10.2. The van der Waals surface area contributed by atoms with E-state index in [9.17, 15) is 4.79 Å². The monoisotopic (exact) mass is 416 g/mol. The summed E-state index contributed by atoms with van der Waals surface area (Å²) in [5.41, 5.74) is 3.15. The maximum atomic E-state index is 12.6. The molecular weight excluding hydrogens is 388 g/mol. The Morgan fingerprint density at radius 1 is 1.13 bits per heavy atom. The van der Waals surface area contributed by atoms with Crippen molar-refractivity contribution in [3.05, 3.63) is 54.4 Å². The van der Waals surface area contributed by atoms with Crippen molar-refractivity contribution >= 4 is 34.1 Å². The van der Waals surface area contributed by atoms with Crippen molar-refractivity contribution < 1.29 is 4.79 Å². The molecule has 0 aliphatic heterocycles. The van der Waals surface area contributed by atoms with E-state index in [2.05, 4.69) is 45.3 Å². The molecule has 2 aromatic carbocycles. The quantitative estimate of drug-likeness (QED) is 0.546. The predicted octanol–water partition coefficient (Wildman–Crippen LogP) is 3.84. The topological polar surface area (TPSA) is 73.4 Å². The number of fused-ring (bicyclic) bond motifs is 1.